The van der Waals surface area contributed by atoms with Crippen molar-refractivity contribution in [3.05, 3.63) is 20.8 Å². The lowest BCUT2D eigenvalue weighted by Crippen LogP contribution is -2.87. The number of carbonyl (C=O) groups is 2. The van der Waals surface area contributed by atoms with Gasteiger partial charge in [0.05, 0.1) is 14.8 Å². The average molecular weight is 434 g/mol. The summed E-state index contributed by atoms with van der Waals surface area (Å²) < 4.78 is 31.4. The standard InChI is InChI=1S/C17H21ClN2O5S2/c1-9(21)11-7-10(18)12(26-11)16(5)8-27(23,24)17(6)13(19-16)20(17)14(22)25-15(2,3)4/h7H,8H2,1-6H3/p+1. The summed E-state index contributed by atoms with van der Waals surface area (Å²) >= 11 is 7.45. The van der Waals surface area contributed by atoms with Crippen LogP contribution in [-0.4, -0.2) is 47.3 Å². The molecule has 7 nitrogen and oxygen atoms in total. The van der Waals surface area contributed by atoms with Gasteiger partial charge >= 0.3 is 16.8 Å². The van der Waals surface area contributed by atoms with E-state index in [2.05, 4.69) is 4.99 Å². The van der Waals surface area contributed by atoms with Crippen LogP contribution in [0.1, 0.15) is 56.1 Å². The zero-order valence-corrected chi connectivity index (χ0v) is 18.4. The lowest BCUT2D eigenvalue weighted by molar-refractivity contribution is -0.551. The predicted molar refractivity (Wildman–Crippen MR) is 103 cm³/mol. The number of thiophene rings is 1. The Morgan fingerprint density at radius 3 is 2.41 bits per heavy atom. The van der Waals surface area contributed by atoms with Gasteiger partial charge in [0.1, 0.15) is 11.4 Å². The molecule has 0 radical (unpaired) electrons. The molecular formula is C17H22ClN2O5S2+. The van der Waals surface area contributed by atoms with E-state index in [0.717, 1.165) is 16.2 Å². The number of rotatable bonds is 2. The predicted octanol–water partition coefficient (Wildman–Crippen LogP) is 1.69. The number of nitrogens with one attached hydrogen (secondary N) is 1. The van der Waals surface area contributed by atoms with Gasteiger partial charge in [0.25, 0.3) is 0 Å². The van der Waals surface area contributed by atoms with Crippen LogP contribution in [0.15, 0.2) is 6.07 Å². The molecule has 1 aromatic heterocycles. The minimum Gasteiger partial charge on any atom is -0.425 e. The van der Waals surface area contributed by atoms with Gasteiger partial charge in [-0.2, -0.15) is 4.79 Å². The molecule has 0 aromatic carbocycles. The molecule has 10 heteroatoms. The molecule has 0 saturated carbocycles. The monoisotopic (exact) mass is 433 g/mol. The van der Waals surface area contributed by atoms with Gasteiger partial charge in [-0.3, -0.25) is 9.79 Å². The van der Waals surface area contributed by atoms with E-state index in [4.69, 9.17) is 16.3 Å². The van der Waals surface area contributed by atoms with Gasteiger partial charge in [-0.25, -0.2) is 8.42 Å². The second kappa shape index (κ2) is 5.78. The number of nitrogens with zero attached hydrogens (tertiary/aromatic N) is 1. The van der Waals surface area contributed by atoms with Crippen LogP contribution in [0.4, 0.5) is 4.79 Å². The van der Waals surface area contributed by atoms with Crippen molar-refractivity contribution < 1.29 is 27.7 Å². The van der Waals surface area contributed by atoms with E-state index >= 15 is 0 Å². The van der Waals surface area contributed by atoms with Crippen LogP contribution in [0.2, 0.25) is 5.02 Å². The number of Topliss-reactive ketones (excluding diaryl/α,β-unsaturated/α-hetero) is 1. The Morgan fingerprint density at radius 2 is 1.93 bits per heavy atom. The Bertz CT molecular complexity index is 991. The van der Waals surface area contributed by atoms with Crippen LogP contribution in [-0.2, 0) is 20.1 Å². The Morgan fingerprint density at radius 1 is 1.33 bits per heavy atom. The summed E-state index contributed by atoms with van der Waals surface area (Å²) in [6, 6.07) is 1.54. The second-order valence-electron chi connectivity index (χ2n) is 8.21. The van der Waals surface area contributed by atoms with Crippen molar-refractivity contribution in [3.63, 3.8) is 0 Å². The smallest absolute Gasteiger partial charge is 0.425 e. The number of ether oxygens (including phenoxy) is 1. The summed E-state index contributed by atoms with van der Waals surface area (Å²) in [7, 11) is -3.73. The van der Waals surface area contributed by atoms with Gasteiger partial charge in [0.2, 0.25) is 9.84 Å². The fraction of sp³-hybridized carbons (Fsp3) is 0.588. The molecule has 0 spiro atoms. The fourth-order valence-electron chi connectivity index (χ4n) is 3.21. The maximum atomic E-state index is 13.1. The van der Waals surface area contributed by atoms with Crippen LogP contribution in [0, 0.1) is 0 Å². The molecule has 1 amide bonds. The minimum atomic E-state index is -3.73. The van der Waals surface area contributed by atoms with E-state index in [1.165, 1.54) is 13.8 Å². The first kappa shape index (κ1) is 20.3. The van der Waals surface area contributed by atoms with E-state index < -0.39 is 31.9 Å². The molecule has 1 N–H and O–H groups in total. The number of amidine groups is 1. The Labute approximate surface area is 167 Å². The largest absolute Gasteiger partial charge is 0.509 e. The molecule has 27 heavy (non-hydrogen) atoms. The second-order valence-corrected chi connectivity index (χ2v) is 12.0. The molecule has 2 aliphatic rings. The van der Waals surface area contributed by atoms with Crippen molar-refractivity contribution in [1.82, 2.24) is 4.90 Å². The van der Waals surface area contributed by atoms with Gasteiger partial charge < -0.3 is 4.74 Å². The number of fused-ring (bicyclic) bond motifs is 1. The zero-order valence-electron chi connectivity index (χ0n) is 16.0. The highest BCUT2D eigenvalue weighted by molar-refractivity contribution is 7.94. The third kappa shape index (κ3) is 3.09. The number of amides is 1. The lowest BCUT2D eigenvalue weighted by atomic mass is 10.0. The number of halogens is 1. The Kier molecular flexibility index (Phi) is 4.34. The zero-order chi connectivity index (χ0) is 20.6. The van der Waals surface area contributed by atoms with Gasteiger partial charge in [-0.05, 0) is 40.7 Å². The number of hydrogen-bond acceptors (Lipinski definition) is 6. The first-order valence-corrected chi connectivity index (χ1v) is 11.2. The first-order chi connectivity index (χ1) is 12.1. The van der Waals surface area contributed by atoms with Crippen molar-refractivity contribution in [1.29, 1.82) is 0 Å². The van der Waals surface area contributed by atoms with Crippen molar-refractivity contribution >= 4 is 50.5 Å². The maximum Gasteiger partial charge on any atom is 0.509 e. The summed E-state index contributed by atoms with van der Waals surface area (Å²) in [6.07, 6.45) is -0.720. The molecule has 2 atom stereocenters. The molecule has 0 bridgehead atoms. The number of hydrogen-bond donors (Lipinski definition) is 1. The molecule has 0 aliphatic carbocycles. The summed E-state index contributed by atoms with van der Waals surface area (Å²) in [5.74, 6) is -0.147. The third-order valence-electron chi connectivity index (χ3n) is 4.63. The fourth-order valence-corrected chi connectivity index (χ4v) is 6.93. The molecule has 2 aliphatic heterocycles. The maximum absolute atomic E-state index is 13.1. The van der Waals surface area contributed by atoms with Crippen LogP contribution in [0.3, 0.4) is 0 Å². The van der Waals surface area contributed by atoms with Gasteiger partial charge in [-0.15, -0.1) is 16.2 Å². The molecule has 1 saturated heterocycles. The SMILES string of the molecule is CC(=O)c1cc(Cl)c(C2(C)CS(=O)(=O)C3(C)C(=[NH+]2)N3C(=O)OC(C)(C)C)s1. The molecule has 148 valence electrons. The molecular weight excluding hydrogens is 412 g/mol. The summed E-state index contributed by atoms with van der Waals surface area (Å²) in [6.45, 7) is 9.75. The van der Waals surface area contributed by atoms with Gasteiger partial charge in [0, 0.05) is 6.92 Å². The quantitative estimate of drug-likeness (QED) is 0.565. The highest BCUT2D eigenvalue weighted by Crippen LogP contribution is 2.45. The first-order valence-electron chi connectivity index (χ1n) is 8.34. The Hall–Kier alpha value is -1.45. The van der Waals surface area contributed by atoms with E-state index in [1.54, 1.807) is 33.8 Å². The number of carbonyl (C=O) groups excluding carboxylic acids is 2. The van der Waals surface area contributed by atoms with Crippen LogP contribution >= 0.6 is 22.9 Å². The van der Waals surface area contributed by atoms with Gasteiger partial charge in [0.15, 0.2) is 11.3 Å². The highest BCUT2D eigenvalue weighted by atomic mass is 35.5. The topological polar surface area (TPSA) is 94.5 Å². The minimum absolute atomic E-state index is 0.144. The number of ketones is 1. The normalized spacial score (nSPS) is 29.0. The van der Waals surface area contributed by atoms with Crippen LogP contribution in [0.5, 0.6) is 0 Å². The van der Waals surface area contributed by atoms with Crippen LogP contribution in [0.25, 0.3) is 0 Å². The molecule has 2 unspecified atom stereocenters. The average Bonchev–Trinajstić information content (AvgIpc) is 2.86. The molecule has 1 aromatic rings. The van der Waals surface area contributed by atoms with E-state index in [9.17, 15) is 18.0 Å². The summed E-state index contributed by atoms with van der Waals surface area (Å²) in [5, 5.41) is 0.323. The van der Waals surface area contributed by atoms with E-state index in [-0.39, 0.29) is 17.4 Å². The van der Waals surface area contributed by atoms with E-state index in [0.29, 0.717) is 14.8 Å². The highest BCUT2D eigenvalue weighted by Gasteiger charge is 2.82. The third-order valence-corrected chi connectivity index (χ3v) is 9.08. The van der Waals surface area contributed by atoms with Crippen molar-refractivity contribution in [2.24, 2.45) is 0 Å². The molecule has 3 rings (SSSR count). The van der Waals surface area contributed by atoms with Crippen molar-refractivity contribution in [3.8, 4) is 0 Å². The molecule has 1 fully saturated rings. The van der Waals surface area contributed by atoms with Crippen molar-refractivity contribution in [2.45, 2.75) is 57.6 Å². The van der Waals surface area contributed by atoms with E-state index in [1.807, 2.05) is 0 Å². The van der Waals surface area contributed by atoms with Crippen LogP contribution < -0.4 is 4.99 Å². The number of sulfone groups is 1. The molecule has 3 heterocycles. The summed E-state index contributed by atoms with van der Waals surface area (Å²) in [4.78, 5) is 28.0. The Balaban J connectivity index is 2.07. The lowest BCUT2D eigenvalue weighted by Gasteiger charge is -2.24. The summed E-state index contributed by atoms with van der Waals surface area (Å²) in [5.41, 5.74) is -1.81. The van der Waals surface area contributed by atoms with Crippen molar-refractivity contribution in [2.75, 3.05) is 5.75 Å². The van der Waals surface area contributed by atoms with Gasteiger partial charge in [-0.1, -0.05) is 11.6 Å².